The van der Waals surface area contributed by atoms with E-state index in [-0.39, 0.29) is 35.6 Å². The van der Waals surface area contributed by atoms with Gasteiger partial charge in [-0.1, -0.05) is 41.5 Å². The molecule has 0 radical (unpaired) electrons. The molecule has 4 rings (SSSR count). The average molecular weight is 632 g/mol. The summed E-state index contributed by atoms with van der Waals surface area (Å²) in [7, 11) is 0. The van der Waals surface area contributed by atoms with Gasteiger partial charge in [-0.3, -0.25) is 14.3 Å². The summed E-state index contributed by atoms with van der Waals surface area (Å²) in [5, 5.41) is 25.5. The maximum absolute atomic E-state index is 13.0. The van der Waals surface area contributed by atoms with Crippen molar-refractivity contribution < 1.29 is 19.8 Å². The van der Waals surface area contributed by atoms with Crippen LogP contribution in [0.25, 0.3) is 11.3 Å². The summed E-state index contributed by atoms with van der Waals surface area (Å²) in [6, 6.07) is 5.84. The summed E-state index contributed by atoms with van der Waals surface area (Å²) in [5.74, 6) is -0.337. The third kappa shape index (κ3) is 6.60. The van der Waals surface area contributed by atoms with Crippen LogP contribution in [0, 0.1) is 6.92 Å². The van der Waals surface area contributed by atoms with Crippen molar-refractivity contribution in [2.45, 2.75) is 91.0 Å². The number of carboxylic acids is 1. The van der Waals surface area contributed by atoms with Gasteiger partial charge < -0.3 is 15.1 Å². The van der Waals surface area contributed by atoms with E-state index in [4.69, 9.17) is 10.1 Å². The van der Waals surface area contributed by atoms with E-state index in [9.17, 15) is 14.7 Å². The molecule has 0 saturated carbocycles. The largest absolute Gasteiger partial charge is 0.507 e. The van der Waals surface area contributed by atoms with E-state index >= 15 is 0 Å². The number of piperidine rings is 1. The van der Waals surface area contributed by atoms with Crippen LogP contribution in [0.5, 0.6) is 5.75 Å². The van der Waals surface area contributed by atoms with Gasteiger partial charge in [0.05, 0.1) is 26.6 Å². The van der Waals surface area contributed by atoms with Crippen molar-refractivity contribution in [3.05, 3.63) is 49.5 Å². The summed E-state index contributed by atoms with van der Waals surface area (Å²) in [6.07, 6.45) is 1.49. The maximum atomic E-state index is 13.0. The zero-order valence-electron chi connectivity index (χ0n) is 24.3. The quantitative estimate of drug-likeness (QED) is 0.326. The molecule has 3 aromatic rings. The van der Waals surface area contributed by atoms with Gasteiger partial charge in [0.1, 0.15) is 12.3 Å². The molecule has 1 fully saturated rings. The molecular weight excluding hydrogens is 592 g/mol. The molecule has 0 bridgehead atoms. The molecule has 0 atom stereocenters. The number of benzene rings is 1. The van der Waals surface area contributed by atoms with E-state index < -0.39 is 5.97 Å². The lowest BCUT2D eigenvalue weighted by molar-refractivity contribution is -0.136. The Morgan fingerprint density at radius 3 is 2.15 bits per heavy atom. The number of carboxylic acid groups (broad SMARTS) is 1. The highest BCUT2D eigenvalue weighted by molar-refractivity contribution is 9.11. The number of rotatable bonds is 6. The minimum Gasteiger partial charge on any atom is -0.507 e. The molecule has 1 amide bonds. The van der Waals surface area contributed by atoms with Crippen LogP contribution in [0.1, 0.15) is 87.8 Å². The molecule has 10 heteroatoms. The number of nitrogens with zero attached hydrogens (tertiary/aromatic N) is 4. The monoisotopic (exact) mass is 630 g/mol. The number of carbonyl (C=O) groups excluding carboxylic acids is 1. The highest BCUT2D eigenvalue weighted by atomic mass is 79.9. The first-order valence-corrected chi connectivity index (χ1v) is 15.2. The van der Waals surface area contributed by atoms with Crippen molar-refractivity contribution in [3.63, 3.8) is 0 Å². The number of thiazole rings is 1. The molecule has 0 spiro atoms. The lowest BCUT2D eigenvalue weighted by Gasteiger charge is -2.31. The molecule has 2 aromatic heterocycles. The van der Waals surface area contributed by atoms with Crippen LogP contribution in [0.15, 0.2) is 22.0 Å². The number of aromatic hydroxyl groups is 1. The molecule has 0 unspecified atom stereocenters. The van der Waals surface area contributed by atoms with Gasteiger partial charge >= 0.3 is 5.97 Å². The first kappa shape index (κ1) is 30.2. The molecule has 1 aliphatic heterocycles. The van der Waals surface area contributed by atoms with Crippen molar-refractivity contribution in [1.29, 1.82) is 0 Å². The predicted molar refractivity (Wildman–Crippen MR) is 161 cm³/mol. The number of aromatic nitrogens is 3. The summed E-state index contributed by atoms with van der Waals surface area (Å²) in [4.78, 5) is 30.9. The Balaban J connectivity index is 1.49. The van der Waals surface area contributed by atoms with Gasteiger partial charge in [-0.05, 0) is 64.7 Å². The van der Waals surface area contributed by atoms with Gasteiger partial charge in [-0.25, -0.2) is 4.98 Å². The average Bonchev–Trinajstić information content (AvgIpc) is 3.39. The number of aryl methyl sites for hydroxylation is 1. The topological polar surface area (TPSA) is 109 Å². The lowest BCUT2D eigenvalue weighted by atomic mass is 9.78. The molecule has 1 aromatic carbocycles. The third-order valence-electron chi connectivity index (χ3n) is 7.45. The summed E-state index contributed by atoms with van der Waals surface area (Å²) < 4.78 is 2.56. The van der Waals surface area contributed by atoms with Crippen molar-refractivity contribution >= 4 is 39.1 Å². The first-order chi connectivity index (χ1) is 18.5. The van der Waals surface area contributed by atoms with Gasteiger partial charge in [0.25, 0.3) is 0 Å². The fourth-order valence-electron chi connectivity index (χ4n) is 5.17. The summed E-state index contributed by atoms with van der Waals surface area (Å²) in [6.45, 7) is 15.9. The number of aliphatic carboxylic acids is 1. The van der Waals surface area contributed by atoms with E-state index in [1.165, 1.54) is 0 Å². The molecule has 0 aliphatic carbocycles. The molecule has 2 N–H and O–H groups in total. The van der Waals surface area contributed by atoms with Gasteiger partial charge in [-0.2, -0.15) is 5.10 Å². The molecular formula is C30H39BrN4O4S. The second kappa shape index (κ2) is 11.3. The Morgan fingerprint density at radius 1 is 1.05 bits per heavy atom. The van der Waals surface area contributed by atoms with E-state index in [1.807, 2.05) is 11.8 Å². The zero-order chi connectivity index (χ0) is 29.6. The Labute approximate surface area is 248 Å². The van der Waals surface area contributed by atoms with Crippen LogP contribution in [0.4, 0.5) is 0 Å². The first-order valence-electron chi connectivity index (χ1n) is 13.6. The number of phenols is 1. The summed E-state index contributed by atoms with van der Waals surface area (Å²) >= 11 is 5.41. The second-order valence-electron chi connectivity index (χ2n) is 12.8. The fraction of sp³-hybridized carbons (Fsp3) is 0.533. The SMILES string of the molecule is Cc1cc(CC(=O)O)nn1CC(=O)N1CCC(c2nc(-c3cc(C(C)(C)C)c(O)c(C(C)(C)C)c3)c(Br)s2)CC1. The van der Waals surface area contributed by atoms with Gasteiger partial charge in [0.2, 0.25) is 5.91 Å². The normalized spacial score (nSPS) is 15.1. The Bertz CT molecular complexity index is 1390. The van der Waals surface area contributed by atoms with Crippen LogP contribution in [0.2, 0.25) is 0 Å². The number of halogens is 1. The van der Waals surface area contributed by atoms with Crippen LogP contribution < -0.4 is 0 Å². The Kier molecular flexibility index (Phi) is 8.53. The van der Waals surface area contributed by atoms with Crippen molar-refractivity contribution in [3.8, 4) is 17.0 Å². The Morgan fingerprint density at radius 2 is 1.62 bits per heavy atom. The number of carbonyl (C=O) groups is 2. The number of phenolic OH excluding ortho intramolecular Hbond substituents is 1. The van der Waals surface area contributed by atoms with Crippen molar-refractivity contribution in [2.24, 2.45) is 0 Å². The zero-order valence-corrected chi connectivity index (χ0v) is 26.7. The minimum absolute atomic E-state index is 0.0129. The van der Waals surface area contributed by atoms with E-state index in [0.717, 1.165) is 49.7 Å². The minimum atomic E-state index is -0.940. The van der Waals surface area contributed by atoms with Crippen molar-refractivity contribution in [2.75, 3.05) is 13.1 Å². The van der Waals surface area contributed by atoms with E-state index in [2.05, 4.69) is 74.7 Å². The number of likely N-dealkylation sites (tertiary alicyclic amines) is 1. The third-order valence-corrected chi connectivity index (χ3v) is 9.32. The molecule has 216 valence electrons. The number of hydrogen-bond acceptors (Lipinski definition) is 6. The predicted octanol–water partition coefficient (Wildman–Crippen LogP) is 6.41. The van der Waals surface area contributed by atoms with E-state index in [1.54, 1.807) is 22.1 Å². The van der Waals surface area contributed by atoms with Crippen LogP contribution in [0.3, 0.4) is 0 Å². The van der Waals surface area contributed by atoms with Crippen molar-refractivity contribution in [1.82, 2.24) is 19.7 Å². The highest BCUT2D eigenvalue weighted by Gasteiger charge is 2.30. The standard InChI is InChI=1S/C30H39BrN4O4S/c1-17-12-20(15-24(37)38)33-35(17)16-23(36)34-10-8-18(9-11-34)28-32-25(27(31)40-28)19-13-21(29(2,3)4)26(39)22(14-19)30(5,6)7/h12-14,18,39H,8-11,15-16H2,1-7H3,(H,37,38). The number of hydrogen-bond donors (Lipinski definition) is 2. The van der Waals surface area contributed by atoms with Crippen LogP contribution in [-0.4, -0.2) is 54.8 Å². The fourth-order valence-corrected chi connectivity index (χ4v) is 6.97. The van der Waals surface area contributed by atoms with Gasteiger partial charge in [-0.15, -0.1) is 11.3 Å². The van der Waals surface area contributed by atoms with Gasteiger partial charge in [0, 0.05) is 41.4 Å². The number of amides is 1. The summed E-state index contributed by atoms with van der Waals surface area (Å²) in [5.41, 5.74) is 4.48. The molecule has 8 nitrogen and oxygen atoms in total. The smallest absolute Gasteiger partial charge is 0.309 e. The molecule has 1 aliphatic rings. The molecule has 40 heavy (non-hydrogen) atoms. The lowest BCUT2D eigenvalue weighted by Crippen LogP contribution is -2.40. The second-order valence-corrected chi connectivity index (χ2v) is 15.1. The Hall–Kier alpha value is -2.72. The van der Waals surface area contributed by atoms with Crippen LogP contribution >= 0.6 is 27.3 Å². The molecule has 1 saturated heterocycles. The van der Waals surface area contributed by atoms with Crippen LogP contribution in [-0.2, 0) is 33.4 Å². The maximum Gasteiger partial charge on any atom is 0.309 e. The molecule has 3 heterocycles. The highest BCUT2D eigenvalue weighted by Crippen LogP contribution is 2.45. The van der Waals surface area contributed by atoms with E-state index in [0.29, 0.717) is 24.5 Å². The van der Waals surface area contributed by atoms with Gasteiger partial charge in [0.15, 0.2) is 0 Å².